The zero-order valence-corrected chi connectivity index (χ0v) is 14.6. The van der Waals surface area contributed by atoms with Gasteiger partial charge >= 0.3 is 0 Å². The average molecular weight is 333 g/mol. The summed E-state index contributed by atoms with van der Waals surface area (Å²) in [6.07, 6.45) is 2.14. The number of carbonyl (C=O) groups excluding carboxylic acids is 1. The number of nitro benzene ring substituents is 1. The van der Waals surface area contributed by atoms with Gasteiger partial charge in [-0.3, -0.25) is 14.9 Å². The normalized spacial score (nSPS) is 15.7. The highest BCUT2D eigenvalue weighted by Crippen LogP contribution is 2.22. The number of carbonyl (C=O) groups is 1. The van der Waals surface area contributed by atoms with Gasteiger partial charge < -0.3 is 9.80 Å². The number of hydrogen-bond donors (Lipinski definition) is 0. The van der Waals surface area contributed by atoms with Gasteiger partial charge in [0.25, 0.3) is 5.69 Å². The first-order valence-corrected chi connectivity index (χ1v) is 8.77. The fraction of sp³-hybridized carbons (Fsp3) is 0.611. The Morgan fingerprint density at radius 3 is 2.46 bits per heavy atom. The number of para-hydroxylation sites is 1. The van der Waals surface area contributed by atoms with Gasteiger partial charge in [0.2, 0.25) is 5.91 Å². The van der Waals surface area contributed by atoms with Gasteiger partial charge in [0.15, 0.2) is 0 Å². The minimum atomic E-state index is -0.418. The van der Waals surface area contributed by atoms with E-state index >= 15 is 0 Å². The van der Waals surface area contributed by atoms with Crippen molar-refractivity contribution in [2.75, 3.05) is 32.7 Å². The zero-order valence-electron chi connectivity index (χ0n) is 14.6. The second-order valence-corrected chi connectivity index (χ2v) is 6.37. The molecule has 6 nitrogen and oxygen atoms in total. The standard InChI is InChI=1S/C18H27N3O3/c1-3-19(4-2)14-15-9-11-20(12-10-15)18(22)13-16-7-5-6-8-17(16)21(23)24/h5-8,15H,3-4,9-14H2,1-2H3. The van der Waals surface area contributed by atoms with E-state index in [9.17, 15) is 14.9 Å². The van der Waals surface area contributed by atoms with Crippen LogP contribution in [0.3, 0.4) is 0 Å². The maximum atomic E-state index is 12.5. The van der Waals surface area contributed by atoms with Gasteiger partial charge in [-0.05, 0) is 31.8 Å². The molecule has 0 aliphatic carbocycles. The summed E-state index contributed by atoms with van der Waals surface area (Å²) in [6, 6.07) is 6.50. The van der Waals surface area contributed by atoms with Crippen molar-refractivity contribution in [1.82, 2.24) is 9.80 Å². The summed E-state index contributed by atoms with van der Waals surface area (Å²) in [5.41, 5.74) is 0.528. The van der Waals surface area contributed by atoms with Crippen molar-refractivity contribution in [3.8, 4) is 0 Å². The van der Waals surface area contributed by atoms with Crippen molar-refractivity contribution in [3.05, 3.63) is 39.9 Å². The highest BCUT2D eigenvalue weighted by atomic mass is 16.6. The Labute approximate surface area is 143 Å². The van der Waals surface area contributed by atoms with E-state index in [1.165, 1.54) is 6.07 Å². The molecule has 2 rings (SSSR count). The van der Waals surface area contributed by atoms with Crippen molar-refractivity contribution < 1.29 is 9.72 Å². The van der Waals surface area contributed by atoms with E-state index in [1.807, 2.05) is 4.90 Å². The Kier molecular flexibility index (Phi) is 6.73. The number of nitrogens with zero attached hydrogens (tertiary/aromatic N) is 3. The molecule has 0 unspecified atom stereocenters. The number of rotatable bonds is 7. The number of hydrogen-bond acceptors (Lipinski definition) is 4. The molecule has 24 heavy (non-hydrogen) atoms. The molecule has 0 radical (unpaired) electrons. The summed E-state index contributed by atoms with van der Waals surface area (Å²) in [4.78, 5) is 27.4. The number of nitro groups is 1. The molecule has 1 aromatic rings. The summed E-state index contributed by atoms with van der Waals surface area (Å²) < 4.78 is 0. The van der Waals surface area contributed by atoms with Gasteiger partial charge in [0.1, 0.15) is 0 Å². The molecular formula is C18H27N3O3. The SMILES string of the molecule is CCN(CC)CC1CCN(C(=O)Cc2ccccc2[N+](=O)[O-])CC1. The van der Waals surface area contributed by atoms with E-state index in [2.05, 4.69) is 18.7 Å². The fourth-order valence-electron chi connectivity index (χ4n) is 3.33. The third kappa shape index (κ3) is 4.77. The molecule has 0 atom stereocenters. The van der Waals surface area contributed by atoms with E-state index in [-0.39, 0.29) is 18.0 Å². The summed E-state index contributed by atoms with van der Waals surface area (Å²) in [7, 11) is 0. The maximum Gasteiger partial charge on any atom is 0.273 e. The van der Waals surface area contributed by atoms with Crippen LogP contribution in [0, 0.1) is 16.0 Å². The molecule has 0 saturated carbocycles. The highest BCUT2D eigenvalue weighted by Gasteiger charge is 2.25. The van der Waals surface area contributed by atoms with Crippen molar-refractivity contribution in [2.45, 2.75) is 33.1 Å². The number of likely N-dealkylation sites (tertiary alicyclic amines) is 1. The first-order chi connectivity index (χ1) is 11.5. The number of piperidine rings is 1. The van der Waals surface area contributed by atoms with Crippen LogP contribution in [0.15, 0.2) is 24.3 Å². The molecule has 6 heteroatoms. The fourth-order valence-corrected chi connectivity index (χ4v) is 3.33. The van der Waals surface area contributed by atoms with Gasteiger partial charge in [0.05, 0.1) is 11.3 Å². The van der Waals surface area contributed by atoms with E-state index in [0.29, 0.717) is 11.5 Å². The molecule has 1 aromatic carbocycles. The molecule has 0 N–H and O–H groups in total. The van der Waals surface area contributed by atoms with Gasteiger partial charge in [0, 0.05) is 31.3 Å². The van der Waals surface area contributed by atoms with Crippen molar-refractivity contribution >= 4 is 11.6 Å². The van der Waals surface area contributed by atoms with Crippen LogP contribution in [0.4, 0.5) is 5.69 Å². The molecule has 0 bridgehead atoms. The summed E-state index contributed by atoms with van der Waals surface area (Å²) in [5.74, 6) is 0.630. The quantitative estimate of drug-likeness (QED) is 0.568. The molecule has 0 spiro atoms. The predicted molar refractivity (Wildman–Crippen MR) is 93.9 cm³/mol. The lowest BCUT2D eigenvalue weighted by Gasteiger charge is -2.34. The van der Waals surface area contributed by atoms with E-state index in [0.717, 1.165) is 45.6 Å². The van der Waals surface area contributed by atoms with Crippen molar-refractivity contribution in [2.24, 2.45) is 5.92 Å². The van der Waals surface area contributed by atoms with E-state index in [1.54, 1.807) is 18.2 Å². The second kappa shape index (κ2) is 8.78. The minimum Gasteiger partial charge on any atom is -0.342 e. The molecule has 0 aromatic heterocycles. The average Bonchev–Trinajstić information content (AvgIpc) is 2.60. The van der Waals surface area contributed by atoms with Crippen LogP contribution in [0.25, 0.3) is 0 Å². The molecule has 1 saturated heterocycles. The highest BCUT2D eigenvalue weighted by molar-refractivity contribution is 5.80. The van der Waals surface area contributed by atoms with Crippen molar-refractivity contribution in [3.63, 3.8) is 0 Å². The Bertz CT molecular complexity index is 564. The van der Waals surface area contributed by atoms with Gasteiger partial charge in [-0.15, -0.1) is 0 Å². The Morgan fingerprint density at radius 1 is 1.25 bits per heavy atom. The molecule has 1 heterocycles. The molecule has 132 valence electrons. The van der Waals surface area contributed by atoms with E-state index < -0.39 is 4.92 Å². The molecular weight excluding hydrogens is 306 g/mol. The van der Waals surface area contributed by atoms with Crippen LogP contribution >= 0.6 is 0 Å². The second-order valence-electron chi connectivity index (χ2n) is 6.37. The lowest BCUT2D eigenvalue weighted by atomic mass is 9.95. The topological polar surface area (TPSA) is 66.7 Å². The van der Waals surface area contributed by atoms with Crippen LogP contribution in [-0.4, -0.2) is 53.4 Å². The predicted octanol–water partition coefficient (Wildman–Crippen LogP) is 2.72. The maximum absolute atomic E-state index is 12.5. The molecule has 1 amide bonds. The first-order valence-electron chi connectivity index (χ1n) is 8.77. The van der Waals surface area contributed by atoms with Crippen LogP contribution in [0.5, 0.6) is 0 Å². The molecule has 1 fully saturated rings. The summed E-state index contributed by atoms with van der Waals surface area (Å²) in [5, 5.41) is 11.1. The lowest BCUT2D eigenvalue weighted by Crippen LogP contribution is -2.42. The monoisotopic (exact) mass is 333 g/mol. The van der Waals surface area contributed by atoms with Gasteiger partial charge in [-0.1, -0.05) is 32.0 Å². The Morgan fingerprint density at radius 2 is 1.88 bits per heavy atom. The number of amides is 1. The third-order valence-electron chi connectivity index (χ3n) is 4.91. The summed E-state index contributed by atoms with van der Waals surface area (Å²) >= 11 is 0. The van der Waals surface area contributed by atoms with Gasteiger partial charge in [-0.2, -0.15) is 0 Å². The van der Waals surface area contributed by atoms with Crippen LogP contribution in [-0.2, 0) is 11.2 Å². The van der Waals surface area contributed by atoms with Crippen LogP contribution in [0.2, 0.25) is 0 Å². The number of benzene rings is 1. The van der Waals surface area contributed by atoms with Crippen LogP contribution < -0.4 is 0 Å². The minimum absolute atomic E-state index is 0.00871. The van der Waals surface area contributed by atoms with Crippen molar-refractivity contribution in [1.29, 1.82) is 0 Å². The first kappa shape index (κ1) is 18.4. The van der Waals surface area contributed by atoms with Gasteiger partial charge in [-0.25, -0.2) is 0 Å². The molecule has 1 aliphatic heterocycles. The lowest BCUT2D eigenvalue weighted by molar-refractivity contribution is -0.385. The third-order valence-corrected chi connectivity index (χ3v) is 4.91. The van der Waals surface area contributed by atoms with Crippen LogP contribution in [0.1, 0.15) is 32.3 Å². The molecule has 1 aliphatic rings. The zero-order chi connectivity index (χ0) is 17.5. The summed E-state index contributed by atoms with van der Waals surface area (Å²) in [6.45, 7) is 9.08. The smallest absolute Gasteiger partial charge is 0.273 e. The largest absolute Gasteiger partial charge is 0.342 e. The Hall–Kier alpha value is -1.95. The Balaban J connectivity index is 1.88. The van der Waals surface area contributed by atoms with E-state index in [4.69, 9.17) is 0 Å².